The lowest BCUT2D eigenvalue weighted by Crippen LogP contribution is -2.01. The summed E-state index contributed by atoms with van der Waals surface area (Å²) >= 11 is 0. The highest BCUT2D eigenvalue weighted by molar-refractivity contribution is 5.90. The zero-order valence-corrected chi connectivity index (χ0v) is 11.8. The number of carbonyl (C=O) groups is 1. The van der Waals surface area contributed by atoms with Gasteiger partial charge in [-0.2, -0.15) is 0 Å². The molecule has 6 nitrogen and oxygen atoms in total. The van der Waals surface area contributed by atoms with Gasteiger partial charge in [0.05, 0.1) is 30.8 Å². The highest BCUT2D eigenvalue weighted by Crippen LogP contribution is 2.35. The third-order valence-electron chi connectivity index (χ3n) is 3.29. The summed E-state index contributed by atoms with van der Waals surface area (Å²) in [6.07, 6.45) is 3.30. The van der Waals surface area contributed by atoms with Gasteiger partial charge in [-0.25, -0.2) is 9.48 Å². The molecule has 0 aliphatic rings. The molecule has 1 aromatic heterocycles. The Morgan fingerprint density at radius 2 is 2.05 bits per heavy atom. The number of carboxylic acids is 1. The van der Waals surface area contributed by atoms with Crippen molar-refractivity contribution in [3.05, 3.63) is 60.4 Å². The van der Waals surface area contributed by atoms with Gasteiger partial charge in [0.25, 0.3) is 0 Å². The zero-order chi connectivity index (χ0) is 15.5. The molecular weight excluding hydrogens is 282 g/mol. The number of hydrogen-bond donors (Lipinski definition) is 1. The summed E-state index contributed by atoms with van der Waals surface area (Å²) in [5.74, 6) is -0.338. The molecule has 0 unspecified atom stereocenters. The summed E-state index contributed by atoms with van der Waals surface area (Å²) in [7, 11) is 1.57. The molecule has 0 spiro atoms. The van der Waals surface area contributed by atoms with Gasteiger partial charge in [0.2, 0.25) is 0 Å². The number of aromatic carboxylic acids is 1. The number of ether oxygens (including phenoxy) is 1. The van der Waals surface area contributed by atoms with Gasteiger partial charge in [0.15, 0.2) is 0 Å². The van der Waals surface area contributed by atoms with Gasteiger partial charge in [0, 0.05) is 5.56 Å². The lowest BCUT2D eigenvalue weighted by Gasteiger charge is -2.14. The molecule has 0 aliphatic heterocycles. The third-order valence-corrected chi connectivity index (χ3v) is 3.29. The van der Waals surface area contributed by atoms with E-state index >= 15 is 0 Å². The number of hydrogen-bond acceptors (Lipinski definition) is 4. The second-order valence-electron chi connectivity index (χ2n) is 4.59. The van der Waals surface area contributed by atoms with Gasteiger partial charge in [-0.1, -0.05) is 23.4 Å². The molecule has 0 fully saturated rings. The highest BCUT2D eigenvalue weighted by atomic mass is 16.5. The van der Waals surface area contributed by atoms with E-state index in [-0.39, 0.29) is 5.56 Å². The van der Waals surface area contributed by atoms with Crippen molar-refractivity contribution in [3.8, 4) is 22.6 Å². The van der Waals surface area contributed by atoms with Gasteiger partial charge in [-0.15, -0.1) is 5.10 Å². The van der Waals surface area contributed by atoms with Crippen molar-refractivity contribution in [1.82, 2.24) is 15.0 Å². The molecule has 0 bridgehead atoms. The van der Waals surface area contributed by atoms with Crippen LogP contribution in [-0.4, -0.2) is 33.2 Å². The van der Waals surface area contributed by atoms with Gasteiger partial charge < -0.3 is 9.84 Å². The molecular formula is C16H13N3O3. The Labute approximate surface area is 126 Å². The maximum Gasteiger partial charge on any atom is 0.335 e. The summed E-state index contributed by atoms with van der Waals surface area (Å²) in [6.45, 7) is 0. The molecule has 2 aromatic carbocycles. The normalized spacial score (nSPS) is 10.4. The number of benzene rings is 2. The summed E-state index contributed by atoms with van der Waals surface area (Å²) in [4.78, 5) is 11.2. The fourth-order valence-electron chi connectivity index (χ4n) is 2.32. The van der Waals surface area contributed by atoms with Crippen molar-refractivity contribution in [2.45, 2.75) is 0 Å². The SMILES string of the molecule is COc1cccc(-n2ccnn2)c1-c1cccc(C(=O)O)c1. The topological polar surface area (TPSA) is 77.2 Å². The van der Waals surface area contributed by atoms with Crippen LogP contribution in [0.5, 0.6) is 5.75 Å². The molecule has 110 valence electrons. The van der Waals surface area contributed by atoms with E-state index < -0.39 is 5.97 Å². The molecule has 1 heterocycles. The van der Waals surface area contributed by atoms with Crippen LogP contribution < -0.4 is 4.74 Å². The number of aromatic nitrogens is 3. The van der Waals surface area contributed by atoms with Crippen molar-refractivity contribution in [3.63, 3.8) is 0 Å². The average molecular weight is 295 g/mol. The second-order valence-corrected chi connectivity index (χ2v) is 4.59. The van der Waals surface area contributed by atoms with Crippen molar-refractivity contribution in [1.29, 1.82) is 0 Å². The van der Waals surface area contributed by atoms with Gasteiger partial charge >= 0.3 is 5.97 Å². The molecule has 0 saturated carbocycles. The molecule has 6 heteroatoms. The monoisotopic (exact) mass is 295 g/mol. The van der Waals surface area contributed by atoms with Gasteiger partial charge in [-0.05, 0) is 29.8 Å². The fourth-order valence-corrected chi connectivity index (χ4v) is 2.32. The summed E-state index contributed by atoms with van der Waals surface area (Å²) in [5, 5.41) is 17.0. The summed E-state index contributed by atoms with van der Waals surface area (Å²) in [5.41, 5.74) is 2.48. The van der Waals surface area contributed by atoms with Crippen LogP contribution in [0.1, 0.15) is 10.4 Å². The van der Waals surface area contributed by atoms with E-state index in [2.05, 4.69) is 10.3 Å². The first-order valence-electron chi connectivity index (χ1n) is 6.58. The average Bonchev–Trinajstić information content (AvgIpc) is 3.08. The summed E-state index contributed by atoms with van der Waals surface area (Å²) < 4.78 is 7.05. The lowest BCUT2D eigenvalue weighted by molar-refractivity contribution is 0.0697. The van der Waals surface area contributed by atoms with E-state index in [0.29, 0.717) is 5.75 Å². The van der Waals surface area contributed by atoms with Crippen LogP contribution in [0.25, 0.3) is 16.8 Å². The van der Waals surface area contributed by atoms with E-state index in [1.54, 1.807) is 42.4 Å². The Morgan fingerprint density at radius 3 is 2.73 bits per heavy atom. The van der Waals surface area contributed by atoms with Gasteiger partial charge in [0.1, 0.15) is 5.75 Å². The Hall–Kier alpha value is -3.15. The predicted octanol–water partition coefficient (Wildman–Crippen LogP) is 2.64. The minimum atomic E-state index is -0.973. The van der Waals surface area contributed by atoms with E-state index in [9.17, 15) is 9.90 Å². The second kappa shape index (κ2) is 5.69. The van der Waals surface area contributed by atoms with Gasteiger partial charge in [-0.3, -0.25) is 0 Å². The number of nitrogens with zero attached hydrogens (tertiary/aromatic N) is 3. The van der Waals surface area contributed by atoms with Crippen LogP contribution >= 0.6 is 0 Å². The van der Waals surface area contributed by atoms with Crippen molar-refractivity contribution >= 4 is 5.97 Å². The number of methoxy groups -OCH3 is 1. The molecule has 0 radical (unpaired) electrons. The molecule has 22 heavy (non-hydrogen) atoms. The third kappa shape index (κ3) is 2.42. The Balaban J connectivity index is 2.25. The first-order chi connectivity index (χ1) is 10.7. The van der Waals surface area contributed by atoms with Crippen molar-refractivity contribution in [2.75, 3.05) is 7.11 Å². The quantitative estimate of drug-likeness (QED) is 0.800. The van der Waals surface area contributed by atoms with E-state index in [1.807, 2.05) is 24.3 Å². The molecule has 0 atom stereocenters. The maximum absolute atomic E-state index is 11.2. The lowest BCUT2D eigenvalue weighted by atomic mass is 10.00. The number of carboxylic acid groups (broad SMARTS) is 1. The van der Waals surface area contributed by atoms with Crippen LogP contribution in [0, 0.1) is 0 Å². The zero-order valence-electron chi connectivity index (χ0n) is 11.8. The van der Waals surface area contributed by atoms with Crippen molar-refractivity contribution < 1.29 is 14.6 Å². The Bertz CT molecular complexity index is 813. The van der Waals surface area contributed by atoms with Crippen LogP contribution in [0.2, 0.25) is 0 Å². The first-order valence-corrected chi connectivity index (χ1v) is 6.58. The number of rotatable bonds is 4. The molecule has 0 amide bonds. The molecule has 1 N–H and O–H groups in total. The van der Waals surface area contributed by atoms with Crippen LogP contribution in [0.15, 0.2) is 54.9 Å². The predicted molar refractivity (Wildman–Crippen MR) is 80.3 cm³/mol. The first kappa shape index (κ1) is 13.8. The van der Waals surface area contributed by atoms with E-state index in [1.165, 1.54) is 0 Å². The van der Waals surface area contributed by atoms with Crippen LogP contribution in [0.3, 0.4) is 0 Å². The standard InChI is InChI=1S/C16H13N3O3/c1-22-14-7-3-6-13(19-9-8-17-18-19)15(14)11-4-2-5-12(10-11)16(20)21/h2-10H,1H3,(H,20,21). The molecule has 0 aliphatic carbocycles. The maximum atomic E-state index is 11.2. The molecule has 0 saturated heterocycles. The van der Waals surface area contributed by atoms with E-state index in [4.69, 9.17) is 4.74 Å². The minimum absolute atomic E-state index is 0.216. The van der Waals surface area contributed by atoms with Crippen LogP contribution in [0.4, 0.5) is 0 Å². The van der Waals surface area contributed by atoms with E-state index in [0.717, 1.165) is 16.8 Å². The largest absolute Gasteiger partial charge is 0.496 e. The van der Waals surface area contributed by atoms with Crippen LogP contribution in [-0.2, 0) is 0 Å². The smallest absolute Gasteiger partial charge is 0.335 e. The Morgan fingerprint density at radius 1 is 1.23 bits per heavy atom. The highest BCUT2D eigenvalue weighted by Gasteiger charge is 2.15. The molecule has 3 rings (SSSR count). The summed E-state index contributed by atoms with van der Waals surface area (Å²) in [6, 6.07) is 12.3. The molecule has 3 aromatic rings. The van der Waals surface area contributed by atoms with Crippen molar-refractivity contribution in [2.24, 2.45) is 0 Å². The fraction of sp³-hybridized carbons (Fsp3) is 0.0625. The Kier molecular flexibility index (Phi) is 3.57. The minimum Gasteiger partial charge on any atom is -0.496 e.